The molecule has 294 valence electrons. The number of ether oxygens (including phenoxy) is 2. The van der Waals surface area contributed by atoms with Crippen LogP contribution in [0.5, 0.6) is 6.01 Å². The number of thiol groups is 1. The maximum atomic E-state index is 12.3. The van der Waals surface area contributed by atoms with Gasteiger partial charge in [-0.25, -0.2) is 4.79 Å². The van der Waals surface area contributed by atoms with Crippen molar-refractivity contribution in [2.45, 2.75) is 56.7 Å². The summed E-state index contributed by atoms with van der Waals surface area (Å²) in [6.07, 6.45) is 4.62. The lowest BCUT2D eigenvalue weighted by molar-refractivity contribution is -0.126. The Labute approximate surface area is 339 Å². The zero-order valence-electron chi connectivity index (χ0n) is 31.8. The second kappa shape index (κ2) is 19.7. The van der Waals surface area contributed by atoms with Crippen LogP contribution in [0, 0.1) is 11.3 Å². The summed E-state index contributed by atoms with van der Waals surface area (Å²) >= 11 is 11.2. The SMILES string of the molecule is C=CC(=O)N1CCN(c2nc(OCC3CCCN3CCCNC(=O)OCc3ccccc3S)nc3c2CCN(c2cccc4cccc(Cl)c24)C3)CC1.CC#N. The number of amides is 2. The minimum Gasteiger partial charge on any atom is -0.462 e. The van der Waals surface area contributed by atoms with Crippen LogP contribution in [-0.2, 0) is 29.1 Å². The maximum absolute atomic E-state index is 12.3. The molecule has 2 amide bonds. The highest BCUT2D eigenvalue weighted by molar-refractivity contribution is 7.80. The summed E-state index contributed by atoms with van der Waals surface area (Å²) in [5.41, 5.74) is 4.04. The zero-order valence-corrected chi connectivity index (χ0v) is 33.5. The Balaban J connectivity index is 0.00000172. The molecule has 56 heavy (non-hydrogen) atoms. The summed E-state index contributed by atoms with van der Waals surface area (Å²) in [6, 6.07) is 22.2. The van der Waals surface area contributed by atoms with E-state index < -0.39 is 6.09 Å². The average Bonchev–Trinajstić information content (AvgIpc) is 3.68. The summed E-state index contributed by atoms with van der Waals surface area (Å²) in [5, 5.41) is 13.1. The molecule has 0 spiro atoms. The molecule has 3 aliphatic rings. The van der Waals surface area contributed by atoms with Crippen LogP contribution in [0.1, 0.15) is 43.0 Å². The number of aromatic nitrogens is 2. The summed E-state index contributed by atoms with van der Waals surface area (Å²) < 4.78 is 11.8. The smallest absolute Gasteiger partial charge is 0.407 e. The number of piperazine rings is 1. The number of nitrogens with one attached hydrogen (secondary N) is 1. The van der Waals surface area contributed by atoms with Gasteiger partial charge in [0.05, 0.1) is 23.3 Å². The number of rotatable bonds is 12. The third kappa shape index (κ3) is 10.0. The predicted molar refractivity (Wildman–Crippen MR) is 223 cm³/mol. The fourth-order valence-corrected chi connectivity index (χ4v) is 8.08. The number of likely N-dealkylation sites (tertiary alicyclic amines) is 1. The van der Waals surface area contributed by atoms with E-state index in [-0.39, 0.29) is 18.6 Å². The van der Waals surface area contributed by atoms with Gasteiger partial charge in [-0.3, -0.25) is 9.69 Å². The molecule has 0 aliphatic carbocycles. The molecule has 0 bridgehead atoms. The molecule has 1 aromatic heterocycles. The number of halogens is 1. The van der Waals surface area contributed by atoms with Crippen molar-refractivity contribution in [1.29, 1.82) is 5.26 Å². The number of hydrogen-bond donors (Lipinski definition) is 2. The van der Waals surface area contributed by atoms with Crippen LogP contribution in [0.4, 0.5) is 16.3 Å². The molecule has 1 unspecified atom stereocenters. The Hall–Kier alpha value is -5.03. The number of nitriles is 1. The van der Waals surface area contributed by atoms with E-state index in [0.717, 1.165) is 94.3 Å². The molecule has 0 saturated carbocycles. The van der Waals surface area contributed by atoms with Crippen LogP contribution < -0.4 is 19.9 Å². The lowest BCUT2D eigenvalue weighted by Crippen LogP contribution is -2.49. The van der Waals surface area contributed by atoms with Gasteiger partial charge < -0.3 is 29.5 Å². The van der Waals surface area contributed by atoms with Gasteiger partial charge in [0.25, 0.3) is 0 Å². The molecule has 4 aromatic rings. The predicted octanol–water partition coefficient (Wildman–Crippen LogP) is 6.66. The van der Waals surface area contributed by atoms with E-state index in [1.807, 2.05) is 41.3 Å². The van der Waals surface area contributed by atoms with E-state index in [0.29, 0.717) is 51.9 Å². The van der Waals surface area contributed by atoms with Gasteiger partial charge in [-0.1, -0.05) is 60.6 Å². The van der Waals surface area contributed by atoms with Crippen LogP contribution >= 0.6 is 24.2 Å². The molecule has 12 nitrogen and oxygen atoms in total. The molecular formula is C42H49ClN8O4S. The Morgan fingerprint density at radius 3 is 2.57 bits per heavy atom. The summed E-state index contributed by atoms with van der Waals surface area (Å²) in [4.78, 5) is 44.3. The standard InChI is InChI=1S/C40H46ClN7O4S.C2H3N/c1-2-36(49)46-21-23-47(24-22-46)38-31-16-20-48(34-14-6-11-28-10-5-13-32(41)37(28)34)25-33(31)43-39(44-38)51-27-30-12-7-18-45(30)19-8-17-42-40(50)52-26-29-9-3-4-15-35(29)53;1-2-3/h2-6,9-11,13-15,30,53H,1,7-8,12,16-27H2,(H,42,50);1H3. The lowest BCUT2D eigenvalue weighted by atomic mass is 10.0. The molecule has 1 N–H and O–H groups in total. The van der Waals surface area contributed by atoms with Gasteiger partial charge in [-0.05, 0) is 61.9 Å². The van der Waals surface area contributed by atoms with E-state index in [4.69, 9.17) is 36.3 Å². The van der Waals surface area contributed by atoms with Crippen LogP contribution in [0.3, 0.4) is 0 Å². The van der Waals surface area contributed by atoms with Gasteiger partial charge in [0.15, 0.2) is 0 Å². The summed E-state index contributed by atoms with van der Waals surface area (Å²) in [5.74, 6) is 0.848. The molecule has 3 aliphatic heterocycles. The van der Waals surface area contributed by atoms with Gasteiger partial charge in [-0.2, -0.15) is 15.2 Å². The van der Waals surface area contributed by atoms with Crippen molar-refractivity contribution in [2.75, 3.05) is 68.8 Å². The third-order valence-electron chi connectivity index (χ3n) is 10.4. The first-order valence-electron chi connectivity index (χ1n) is 19.1. The van der Waals surface area contributed by atoms with Crippen LogP contribution in [-0.4, -0.2) is 96.8 Å². The second-order valence-corrected chi connectivity index (χ2v) is 14.8. The van der Waals surface area contributed by atoms with Gasteiger partial charge in [-0.15, -0.1) is 12.6 Å². The molecule has 0 radical (unpaired) electrons. The number of fused-ring (bicyclic) bond motifs is 2. The second-order valence-electron chi connectivity index (χ2n) is 13.9. The molecule has 7 rings (SSSR count). The first-order chi connectivity index (χ1) is 27.3. The van der Waals surface area contributed by atoms with Crippen molar-refractivity contribution in [1.82, 2.24) is 25.1 Å². The van der Waals surface area contributed by atoms with Crippen molar-refractivity contribution < 1.29 is 19.1 Å². The third-order valence-corrected chi connectivity index (χ3v) is 11.2. The first-order valence-corrected chi connectivity index (χ1v) is 20.0. The minimum absolute atomic E-state index is 0.0463. The molecule has 14 heteroatoms. The van der Waals surface area contributed by atoms with E-state index in [2.05, 4.69) is 63.5 Å². The first kappa shape index (κ1) is 40.6. The molecular weight excluding hydrogens is 748 g/mol. The van der Waals surface area contributed by atoms with Crippen LogP contribution in [0.15, 0.2) is 78.2 Å². The number of alkyl carbamates (subject to hydrolysis) is 1. The largest absolute Gasteiger partial charge is 0.462 e. The van der Waals surface area contributed by atoms with E-state index in [1.54, 1.807) is 6.07 Å². The Kier molecular flexibility index (Phi) is 14.3. The van der Waals surface area contributed by atoms with E-state index in [1.165, 1.54) is 13.0 Å². The van der Waals surface area contributed by atoms with Crippen molar-refractivity contribution in [3.63, 3.8) is 0 Å². The topological polar surface area (TPSA) is 127 Å². The van der Waals surface area contributed by atoms with Gasteiger partial charge in [0, 0.05) is 85.9 Å². The average molecular weight is 797 g/mol. The number of carbonyl (C=O) groups excluding carboxylic acids is 2. The van der Waals surface area contributed by atoms with E-state index >= 15 is 0 Å². The van der Waals surface area contributed by atoms with Gasteiger partial charge in [0.1, 0.15) is 19.0 Å². The molecule has 4 heterocycles. The Morgan fingerprint density at radius 1 is 1.04 bits per heavy atom. The van der Waals surface area contributed by atoms with Crippen molar-refractivity contribution in [3.05, 3.63) is 95.2 Å². The molecule has 1 atom stereocenters. The van der Waals surface area contributed by atoms with Crippen molar-refractivity contribution in [3.8, 4) is 12.1 Å². The number of hydrogen-bond acceptors (Lipinski definition) is 11. The van der Waals surface area contributed by atoms with Crippen molar-refractivity contribution >= 4 is 58.5 Å². The number of nitrogens with zero attached hydrogens (tertiary/aromatic N) is 7. The highest BCUT2D eigenvalue weighted by atomic mass is 35.5. The van der Waals surface area contributed by atoms with Crippen LogP contribution in [0.2, 0.25) is 5.02 Å². The zero-order chi connectivity index (χ0) is 39.4. The highest BCUT2D eigenvalue weighted by Gasteiger charge is 2.30. The maximum Gasteiger partial charge on any atom is 0.407 e. The number of carbonyl (C=O) groups is 2. The summed E-state index contributed by atoms with van der Waals surface area (Å²) in [7, 11) is 0. The molecule has 2 saturated heterocycles. The normalized spacial score (nSPS) is 16.7. The van der Waals surface area contributed by atoms with Crippen molar-refractivity contribution in [2.24, 2.45) is 0 Å². The Morgan fingerprint density at radius 2 is 1.80 bits per heavy atom. The molecule has 2 fully saturated rings. The fourth-order valence-electron chi connectivity index (χ4n) is 7.58. The number of anilines is 2. The number of benzene rings is 3. The van der Waals surface area contributed by atoms with Crippen LogP contribution in [0.25, 0.3) is 10.8 Å². The Bertz CT molecular complexity index is 2050. The summed E-state index contributed by atoms with van der Waals surface area (Å²) in [6.45, 7) is 12.0. The van der Waals surface area contributed by atoms with E-state index in [9.17, 15) is 9.59 Å². The highest BCUT2D eigenvalue weighted by Crippen LogP contribution is 2.37. The van der Waals surface area contributed by atoms with Gasteiger partial charge in [0.2, 0.25) is 5.91 Å². The monoisotopic (exact) mass is 796 g/mol. The molecule has 3 aromatic carbocycles. The minimum atomic E-state index is -0.431. The van der Waals surface area contributed by atoms with Gasteiger partial charge >= 0.3 is 12.1 Å². The quantitative estimate of drug-likeness (QED) is 0.0914. The lowest BCUT2D eigenvalue weighted by Gasteiger charge is -2.38. The fraction of sp³-hybridized carbons (Fsp3) is 0.405.